The highest BCUT2D eigenvalue weighted by Gasteiger charge is 2.50. The first-order chi connectivity index (χ1) is 20.0. The van der Waals surface area contributed by atoms with E-state index in [1.165, 1.54) is 0 Å². The van der Waals surface area contributed by atoms with Crippen molar-refractivity contribution < 1.29 is 37.7 Å². The number of phenols is 2. The van der Waals surface area contributed by atoms with Crippen LogP contribution in [0.3, 0.4) is 0 Å². The van der Waals surface area contributed by atoms with Gasteiger partial charge in [0.05, 0.1) is 90.1 Å². The minimum Gasteiger partial charge on any atom is -0.507 e. The Morgan fingerprint density at radius 2 is 0.886 bits per heavy atom. The minimum absolute atomic E-state index is 0.282. The molecule has 0 unspecified atom stereocenters. The number of ether oxygens (including phenoxy) is 1. The summed E-state index contributed by atoms with van der Waals surface area (Å²) in [5.41, 5.74) is 4.80. The maximum absolute atomic E-state index is 13.7. The zero-order valence-corrected chi connectivity index (χ0v) is 28.9. The van der Waals surface area contributed by atoms with E-state index in [2.05, 4.69) is 84.6 Å². The number of rotatable bonds is 10. The van der Waals surface area contributed by atoms with Crippen molar-refractivity contribution >= 4 is 5.97 Å². The summed E-state index contributed by atoms with van der Waals surface area (Å²) in [7, 11) is 25.2. The van der Waals surface area contributed by atoms with Crippen molar-refractivity contribution in [2.75, 3.05) is 84.6 Å². The molecule has 0 aromatic heterocycles. The summed E-state index contributed by atoms with van der Waals surface area (Å²) in [6.45, 7) is 2.35. The topological polar surface area (TPSA) is 66.8 Å². The van der Waals surface area contributed by atoms with Gasteiger partial charge in [0.2, 0.25) is 0 Å². The number of quaternary nitrogens is 4. The second-order valence-corrected chi connectivity index (χ2v) is 16.7. The van der Waals surface area contributed by atoms with E-state index >= 15 is 0 Å². The molecule has 0 atom stereocenters. The molecular formula is C36H54N4O4+4. The molecule has 0 fully saturated rings. The lowest BCUT2D eigenvalue weighted by Crippen LogP contribution is -2.37. The molecule has 1 aliphatic rings. The smallest absolute Gasteiger partial charge is 0.340 e. The summed E-state index contributed by atoms with van der Waals surface area (Å²) in [5, 5.41) is 23.2. The van der Waals surface area contributed by atoms with Gasteiger partial charge in [-0.25, -0.2) is 4.79 Å². The molecule has 3 aromatic carbocycles. The molecule has 8 heteroatoms. The molecule has 0 amide bonds. The second kappa shape index (κ2) is 11.2. The number of fused-ring (bicyclic) bond motifs is 1. The first-order valence-electron chi connectivity index (χ1n) is 15.2. The molecule has 1 heterocycles. The number of hydrogen-bond acceptors (Lipinski definition) is 4. The highest BCUT2D eigenvalue weighted by atomic mass is 16.6. The Morgan fingerprint density at radius 3 is 1.20 bits per heavy atom. The Labute approximate surface area is 264 Å². The van der Waals surface area contributed by atoms with Gasteiger partial charge < -0.3 is 32.9 Å². The molecule has 0 saturated heterocycles. The van der Waals surface area contributed by atoms with Crippen LogP contribution in [0.1, 0.15) is 49.3 Å². The summed E-state index contributed by atoms with van der Waals surface area (Å²) in [5.74, 6) is 0.180. The first kappa shape index (κ1) is 33.5. The molecule has 1 aliphatic heterocycles. The fourth-order valence-corrected chi connectivity index (χ4v) is 6.27. The van der Waals surface area contributed by atoms with Gasteiger partial charge in [0, 0.05) is 38.9 Å². The largest absolute Gasteiger partial charge is 0.507 e. The fraction of sp³-hybridized carbons (Fsp3) is 0.472. The van der Waals surface area contributed by atoms with Crippen molar-refractivity contribution in [1.82, 2.24) is 0 Å². The number of carbonyl (C=O) groups excluding carboxylic acids is 1. The number of cyclic esters (lactones) is 1. The highest BCUT2D eigenvalue weighted by molar-refractivity contribution is 5.96. The first-order valence-corrected chi connectivity index (χ1v) is 15.2. The maximum Gasteiger partial charge on any atom is 0.340 e. The van der Waals surface area contributed by atoms with Gasteiger partial charge in [0.25, 0.3) is 0 Å². The summed E-state index contributed by atoms with van der Waals surface area (Å²) in [4.78, 5) is 13.7. The zero-order valence-electron chi connectivity index (χ0n) is 28.9. The standard InChI is InChI=1S/C36H52N4O4/c1-37(2,3)21-25-17-29(18-26(33(25)41)22-38(4,5)6)36(32-16-14-13-15-31(32)35(43)44-36)30-19-27(23-39(7,8)9)34(42)28(20-30)24-40(10,11)12/h13-20H,21-24H2,1-12H3/q+2/p+2. The third-order valence-electron chi connectivity index (χ3n) is 7.70. The van der Waals surface area contributed by atoms with Crippen LogP contribution in [0.5, 0.6) is 11.5 Å². The van der Waals surface area contributed by atoms with E-state index < -0.39 is 5.60 Å². The summed E-state index contributed by atoms with van der Waals surface area (Å²) in [6, 6.07) is 15.6. The molecule has 0 aliphatic carbocycles. The number of aromatic hydroxyl groups is 2. The third kappa shape index (κ3) is 7.26. The SMILES string of the molecule is C[N+](C)(C)Cc1cc(C2(c3cc(C[N+](C)(C)C)c(O)c(C[N+](C)(C)C)c3)OC(=O)c3ccccc32)cc(C[N+](C)(C)C)c1O. The van der Waals surface area contributed by atoms with E-state index in [-0.39, 0.29) is 17.5 Å². The molecule has 0 spiro atoms. The Bertz CT molecular complexity index is 1410. The van der Waals surface area contributed by atoms with Crippen molar-refractivity contribution in [2.24, 2.45) is 0 Å². The third-order valence-corrected chi connectivity index (χ3v) is 7.70. The van der Waals surface area contributed by atoms with Crippen LogP contribution in [0.2, 0.25) is 0 Å². The summed E-state index contributed by atoms with van der Waals surface area (Å²) < 4.78 is 9.05. The Morgan fingerprint density at radius 1 is 0.568 bits per heavy atom. The maximum atomic E-state index is 13.7. The average Bonchev–Trinajstić information content (AvgIpc) is 3.14. The minimum atomic E-state index is -1.27. The molecule has 0 saturated carbocycles. The molecule has 0 radical (unpaired) electrons. The quantitative estimate of drug-likeness (QED) is 0.266. The zero-order chi connectivity index (χ0) is 33.0. The molecule has 238 valence electrons. The average molecular weight is 607 g/mol. The van der Waals surface area contributed by atoms with Crippen molar-refractivity contribution in [1.29, 1.82) is 0 Å². The van der Waals surface area contributed by atoms with Crippen LogP contribution >= 0.6 is 0 Å². The van der Waals surface area contributed by atoms with Crippen LogP contribution in [0.25, 0.3) is 0 Å². The van der Waals surface area contributed by atoms with Crippen LogP contribution < -0.4 is 0 Å². The molecule has 44 heavy (non-hydrogen) atoms. The second-order valence-electron chi connectivity index (χ2n) is 16.7. The number of nitrogens with zero attached hydrogens (tertiary/aromatic N) is 4. The van der Waals surface area contributed by atoms with Gasteiger partial charge in [-0.15, -0.1) is 0 Å². The van der Waals surface area contributed by atoms with Crippen LogP contribution in [-0.4, -0.2) is 119 Å². The van der Waals surface area contributed by atoms with Crippen LogP contribution in [0.15, 0.2) is 48.5 Å². The normalized spacial score (nSPS) is 15.3. The summed E-state index contributed by atoms with van der Waals surface area (Å²) >= 11 is 0. The molecule has 4 rings (SSSR count). The van der Waals surface area contributed by atoms with Crippen LogP contribution in [-0.2, 0) is 36.5 Å². The van der Waals surface area contributed by atoms with E-state index in [1.54, 1.807) is 0 Å². The van der Waals surface area contributed by atoms with Gasteiger partial charge in [0.1, 0.15) is 37.7 Å². The van der Waals surface area contributed by atoms with Crippen molar-refractivity contribution in [3.8, 4) is 11.5 Å². The molecule has 2 N–H and O–H groups in total. The van der Waals surface area contributed by atoms with Crippen molar-refractivity contribution in [3.05, 3.63) is 93.0 Å². The molecular weight excluding hydrogens is 552 g/mol. The van der Waals surface area contributed by atoms with Gasteiger partial charge in [-0.1, -0.05) is 18.2 Å². The number of benzene rings is 3. The number of hydrogen-bond donors (Lipinski definition) is 2. The van der Waals surface area contributed by atoms with Gasteiger partial charge in [-0.3, -0.25) is 0 Å². The monoisotopic (exact) mass is 606 g/mol. The molecule has 3 aromatic rings. The Balaban J connectivity index is 2.14. The van der Waals surface area contributed by atoms with E-state index in [4.69, 9.17) is 4.74 Å². The van der Waals surface area contributed by atoms with Crippen molar-refractivity contribution in [2.45, 2.75) is 31.8 Å². The van der Waals surface area contributed by atoms with Gasteiger partial charge >= 0.3 is 5.97 Å². The van der Waals surface area contributed by atoms with E-state index in [9.17, 15) is 15.0 Å². The lowest BCUT2D eigenvalue weighted by atomic mass is 9.77. The lowest BCUT2D eigenvalue weighted by Gasteiger charge is -2.34. The number of carbonyl (C=O) groups is 1. The van der Waals surface area contributed by atoms with Crippen LogP contribution in [0, 0.1) is 0 Å². The lowest BCUT2D eigenvalue weighted by molar-refractivity contribution is -0.884. The summed E-state index contributed by atoms with van der Waals surface area (Å²) in [6.07, 6.45) is 0. The fourth-order valence-electron chi connectivity index (χ4n) is 6.27. The Kier molecular flexibility index (Phi) is 8.50. The van der Waals surface area contributed by atoms with E-state index in [0.29, 0.717) is 49.7 Å². The predicted molar refractivity (Wildman–Crippen MR) is 175 cm³/mol. The van der Waals surface area contributed by atoms with E-state index in [0.717, 1.165) is 38.9 Å². The number of esters is 1. The molecule has 0 bridgehead atoms. The van der Waals surface area contributed by atoms with Gasteiger partial charge in [-0.2, -0.15) is 0 Å². The van der Waals surface area contributed by atoms with Crippen molar-refractivity contribution in [3.63, 3.8) is 0 Å². The van der Waals surface area contributed by atoms with Gasteiger partial charge in [-0.05, 0) is 30.3 Å². The molecule has 8 nitrogen and oxygen atoms in total. The van der Waals surface area contributed by atoms with Gasteiger partial charge in [0.15, 0.2) is 5.60 Å². The van der Waals surface area contributed by atoms with E-state index in [1.807, 2.05) is 48.5 Å². The Hall–Kier alpha value is -3.43. The number of phenolic OH excluding ortho intramolecular Hbond substituents is 2. The highest BCUT2D eigenvalue weighted by Crippen LogP contribution is 2.50. The van der Waals surface area contributed by atoms with Crippen LogP contribution in [0.4, 0.5) is 0 Å². The predicted octanol–water partition coefficient (Wildman–Crippen LogP) is 4.38.